The van der Waals surface area contributed by atoms with E-state index in [1.54, 1.807) is 0 Å². The molecular weight excluding hydrogens is 224 g/mol. The summed E-state index contributed by atoms with van der Waals surface area (Å²) in [6, 6.07) is 0.461. The van der Waals surface area contributed by atoms with Crippen LogP contribution in [0.1, 0.15) is 51.9 Å². The predicted molar refractivity (Wildman–Crippen MR) is 75.7 cm³/mol. The molecule has 2 aliphatic rings. The van der Waals surface area contributed by atoms with E-state index in [-0.39, 0.29) is 6.10 Å². The van der Waals surface area contributed by atoms with Crippen LogP contribution in [0.4, 0.5) is 0 Å². The van der Waals surface area contributed by atoms with Crippen molar-refractivity contribution in [2.24, 2.45) is 5.92 Å². The van der Waals surface area contributed by atoms with Crippen LogP contribution in [-0.4, -0.2) is 48.3 Å². The molecule has 1 aliphatic carbocycles. The second kappa shape index (κ2) is 7.46. The van der Waals surface area contributed by atoms with E-state index >= 15 is 0 Å². The maximum absolute atomic E-state index is 10.1. The Labute approximate surface area is 112 Å². The van der Waals surface area contributed by atoms with Gasteiger partial charge in [0.1, 0.15) is 0 Å². The van der Waals surface area contributed by atoms with Gasteiger partial charge in [-0.15, -0.1) is 0 Å². The Morgan fingerprint density at radius 2 is 1.83 bits per heavy atom. The first-order valence-corrected chi connectivity index (χ1v) is 7.94. The van der Waals surface area contributed by atoms with E-state index in [1.807, 2.05) is 0 Å². The number of rotatable bonds is 5. The van der Waals surface area contributed by atoms with Crippen molar-refractivity contribution in [3.8, 4) is 0 Å². The van der Waals surface area contributed by atoms with E-state index in [0.717, 1.165) is 18.9 Å². The molecule has 1 saturated heterocycles. The van der Waals surface area contributed by atoms with Crippen molar-refractivity contribution < 1.29 is 5.11 Å². The maximum Gasteiger partial charge on any atom is 0.0695 e. The lowest BCUT2D eigenvalue weighted by Gasteiger charge is -2.41. The summed E-state index contributed by atoms with van der Waals surface area (Å²) in [5.41, 5.74) is 0. The van der Waals surface area contributed by atoms with Crippen molar-refractivity contribution in [1.82, 2.24) is 10.2 Å². The van der Waals surface area contributed by atoms with E-state index in [0.29, 0.717) is 6.04 Å². The second-order valence-electron chi connectivity index (χ2n) is 6.10. The third-order valence-corrected chi connectivity index (χ3v) is 4.67. The quantitative estimate of drug-likeness (QED) is 0.737. The molecule has 1 saturated carbocycles. The highest BCUT2D eigenvalue weighted by Gasteiger charge is 2.31. The first kappa shape index (κ1) is 14.3. The molecule has 3 nitrogen and oxygen atoms in total. The van der Waals surface area contributed by atoms with Crippen molar-refractivity contribution in [1.29, 1.82) is 0 Å². The topological polar surface area (TPSA) is 35.5 Å². The molecule has 0 radical (unpaired) electrons. The van der Waals surface area contributed by atoms with E-state index < -0.39 is 0 Å². The van der Waals surface area contributed by atoms with Gasteiger partial charge in [-0.3, -0.25) is 4.90 Å². The molecule has 2 fully saturated rings. The minimum atomic E-state index is -0.0616. The molecule has 0 aromatic carbocycles. The van der Waals surface area contributed by atoms with Gasteiger partial charge in [0.15, 0.2) is 0 Å². The smallest absolute Gasteiger partial charge is 0.0695 e. The monoisotopic (exact) mass is 254 g/mol. The number of nitrogens with one attached hydrogen (secondary N) is 1. The zero-order chi connectivity index (χ0) is 12.8. The van der Waals surface area contributed by atoms with Crippen LogP contribution in [0.5, 0.6) is 0 Å². The number of hydrogen-bond donors (Lipinski definition) is 2. The van der Waals surface area contributed by atoms with Crippen LogP contribution >= 0.6 is 0 Å². The van der Waals surface area contributed by atoms with Crippen LogP contribution in [0.25, 0.3) is 0 Å². The highest BCUT2D eigenvalue weighted by atomic mass is 16.3. The van der Waals surface area contributed by atoms with E-state index in [4.69, 9.17) is 0 Å². The van der Waals surface area contributed by atoms with Crippen LogP contribution in [0, 0.1) is 5.92 Å². The lowest BCUT2D eigenvalue weighted by Crippen LogP contribution is -2.49. The highest BCUT2D eigenvalue weighted by Crippen LogP contribution is 2.27. The molecule has 1 aliphatic heterocycles. The molecule has 0 spiro atoms. The van der Waals surface area contributed by atoms with Gasteiger partial charge in [0.2, 0.25) is 0 Å². The molecule has 2 rings (SSSR count). The summed E-state index contributed by atoms with van der Waals surface area (Å²) in [5.74, 6) is 0.855. The lowest BCUT2D eigenvalue weighted by molar-refractivity contribution is 0.00412. The standard InChI is InChI=1S/C15H30N2O/c1-2-9-16-12-13-7-10-17(11-8-13)14-5-3-4-6-15(14)18/h13-16,18H,2-12H2,1H3. The molecular formula is C15H30N2O. The van der Waals surface area contributed by atoms with E-state index in [9.17, 15) is 5.11 Å². The van der Waals surface area contributed by atoms with Crippen molar-refractivity contribution in [2.75, 3.05) is 26.2 Å². The molecule has 0 bridgehead atoms. The van der Waals surface area contributed by atoms with Gasteiger partial charge in [0.05, 0.1) is 6.10 Å². The Kier molecular flexibility index (Phi) is 5.93. The SMILES string of the molecule is CCCNCC1CCN(C2CCCCC2O)CC1. The number of aliphatic hydroxyl groups is 1. The zero-order valence-electron chi connectivity index (χ0n) is 11.9. The van der Waals surface area contributed by atoms with Gasteiger partial charge >= 0.3 is 0 Å². The first-order chi connectivity index (χ1) is 8.81. The number of likely N-dealkylation sites (tertiary alicyclic amines) is 1. The molecule has 3 heteroatoms. The van der Waals surface area contributed by atoms with Gasteiger partial charge in [-0.2, -0.15) is 0 Å². The number of nitrogens with zero attached hydrogens (tertiary/aromatic N) is 1. The summed E-state index contributed by atoms with van der Waals surface area (Å²) in [4.78, 5) is 2.56. The summed E-state index contributed by atoms with van der Waals surface area (Å²) < 4.78 is 0. The number of piperidine rings is 1. The predicted octanol–water partition coefficient (Wildman–Crippen LogP) is 2.00. The molecule has 0 aromatic rings. The Hall–Kier alpha value is -0.120. The fourth-order valence-electron chi connectivity index (χ4n) is 3.49. The lowest BCUT2D eigenvalue weighted by atomic mass is 9.88. The second-order valence-corrected chi connectivity index (χ2v) is 6.10. The van der Waals surface area contributed by atoms with Gasteiger partial charge in [-0.25, -0.2) is 0 Å². The molecule has 0 aromatic heterocycles. The van der Waals surface area contributed by atoms with E-state index in [2.05, 4.69) is 17.1 Å². The molecule has 2 N–H and O–H groups in total. The molecule has 106 valence electrons. The third kappa shape index (κ3) is 3.94. The molecule has 2 atom stereocenters. The van der Waals surface area contributed by atoms with Gasteiger partial charge in [-0.1, -0.05) is 19.8 Å². The van der Waals surface area contributed by atoms with Crippen LogP contribution in [0.15, 0.2) is 0 Å². The molecule has 0 amide bonds. The average Bonchev–Trinajstić information content (AvgIpc) is 2.41. The Morgan fingerprint density at radius 3 is 2.50 bits per heavy atom. The average molecular weight is 254 g/mol. The zero-order valence-corrected chi connectivity index (χ0v) is 11.9. The highest BCUT2D eigenvalue weighted by molar-refractivity contribution is 4.86. The minimum Gasteiger partial charge on any atom is -0.391 e. The Balaban J connectivity index is 1.69. The molecule has 1 heterocycles. The third-order valence-electron chi connectivity index (χ3n) is 4.67. The van der Waals surface area contributed by atoms with Gasteiger partial charge in [0.25, 0.3) is 0 Å². The first-order valence-electron chi connectivity index (χ1n) is 7.94. The summed E-state index contributed by atoms with van der Waals surface area (Å²) in [5, 5.41) is 13.6. The summed E-state index contributed by atoms with van der Waals surface area (Å²) >= 11 is 0. The normalized spacial score (nSPS) is 31.7. The van der Waals surface area contributed by atoms with Crippen molar-refractivity contribution >= 4 is 0 Å². The Bertz CT molecular complexity index is 227. The number of hydrogen-bond acceptors (Lipinski definition) is 3. The summed E-state index contributed by atoms with van der Waals surface area (Å²) in [6.45, 7) is 6.96. The van der Waals surface area contributed by atoms with Crippen molar-refractivity contribution in [3.63, 3.8) is 0 Å². The van der Waals surface area contributed by atoms with E-state index in [1.165, 1.54) is 58.2 Å². The van der Waals surface area contributed by atoms with Gasteiger partial charge in [0, 0.05) is 6.04 Å². The fraction of sp³-hybridized carbons (Fsp3) is 1.00. The van der Waals surface area contributed by atoms with Gasteiger partial charge < -0.3 is 10.4 Å². The molecule has 2 unspecified atom stereocenters. The van der Waals surface area contributed by atoms with Crippen LogP contribution in [0.2, 0.25) is 0 Å². The van der Waals surface area contributed by atoms with Crippen LogP contribution < -0.4 is 5.32 Å². The maximum atomic E-state index is 10.1. The van der Waals surface area contributed by atoms with Crippen molar-refractivity contribution in [3.05, 3.63) is 0 Å². The minimum absolute atomic E-state index is 0.0616. The van der Waals surface area contributed by atoms with Crippen molar-refractivity contribution in [2.45, 2.75) is 64.0 Å². The largest absolute Gasteiger partial charge is 0.391 e. The fourth-order valence-corrected chi connectivity index (χ4v) is 3.49. The molecule has 18 heavy (non-hydrogen) atoms. The van der Waals surface area contributed by atoms with Crippen LogP contribution in [-0.2, 0) is 0 Å². The Morgan fingerprint density at radius 1 is 1.11 bits per heavy atom. The number of aliphatic hydroxyl groups excluding tert-OH is 1. The van der Waals surface area contributed by atoms with Crippen LogP contribution in [0.3, 0.4) is 0 Å². The van der Waals surface area contributed by atoms with Gasteiger partial charge in [-0.05, 0) is 64.2 Å². The summed E-state index contributed by atoms with van der Waals surface area (Å²) in [7, 11) is 0. The summed E-state index contributed by atoms with van der Waals surface area (Å²) in [6.07, 6.45) is 8.53.